The normalized spacial score (nSPS) is 14.2. The Morgan fingerprint density at radius 2 is 2.20 bits per heavy atom. The van der Waals surface area contributed by atoms with Gasteiger partial charge in [0.15, 0.2) is 0 Å². The third-order valence-electron chi connectivity index (χ3n) is 4.03. The summed E-state index contributed by atoms with van der Waals surface area (Å²) in [5.74, 6) is 0.572. The van der Waals surface area contributed by atoms with Gasteiger partial charge in [-0.25, -0.2) is 9.78 Å². The topological polar surface area (TPSA) is 87.5 Å². The molecular formula is C17H17BrN4O3. The maximum absolute atomic E-state index is 12.1. The molecule has 25 heavy (non-hydrogen) atoms. The molecule has 2 aromatic rings. The van der Waals surface area contributed by atoms with Crippen LogP contribution in [0.25, 0.3) is 5.57 Å². The van der Waals surface area contributed by atoms with Gasteiger partial charge in [-0.2, -0.15) is 0 Å². The predicted octanol–water partition coefficient (Wildman–Crippen LogP) is 3.05. The zero-order valence-electron chi connectivity index (χ0n) is 13.6. The molecule has 1 aliphatic heterocycles. The molecule has 2 N–H and O–H groups in total. The summed E-state index contributed by atoms with van der Waals surface area (Å²) in [5.41, 5.74) is 2.33. The second kappa shape index (κ2) is 7.10. The number of nitrogens with one attached hydrogen (secondary N) is 1. The van der Waals surface area contributed by atoms with Crippen molar-refractivity contribution in [2.75, 3.05) is 18.4 Å². The highest BCUT2D eigenvalue weighted by Crippen LogP contribution is 2.23. The number of hydrogen-bond acceptors (Lipinski definition) is 4. The Morgan fingerprint density at radius 1 is 1.40 bits per heavy atom. The van der Waals surface area contributed by atoms with E-state index in [1.165, 1.54) is 9.47 Å². The maximum atomic E-state index is 12.1. The zero-order chi connectivity index (χ0) is 18.0. The number of halogens is 1. The molecule has 1 aliphatic rings. The summed E-state index contributed by atoms with van der Waals surface area (Å²) in [4.78, 5) is 28.8. The number of carboxylic acid groups (broad SMARTS) is 1. The molecule has 3 heterocycles. The van der Waals surface area contributed by atoms with Crippen LogP contribution >= 0.6 is 15.9 Å². The SMILES string of the molecule is Cn1cc(Br)cc(Nc2ccc(C3=CCN(C(=O)O)CC3)cn2)c1=O. The van der Waals surface area contributed by atoms with Gasteiger partial charge in [0, 0.05) is 37.0 Å². The summed E-state index contributed by atoms with van der Waals surface area (Å²) in [6.45, 7) is 0.869. The van der Waals surface area contributed by atoms with Gasteiger partial charge in [-0.15, -0.1) is 0 Å². The van der Waals surface area contributed by atoms with Gasteiger partial charge in [0.1, 0.15) is 11.5 Å². The van der Waals surface area contributed by atoms with Gasteiger partial charge in [-0.3, -0.25) is 4.79 Å². The number of aryl methyl sites for hydroxylation is 1. The van der Waals surface area contributed by atoms with E-state index in [-0.39, 0.29) is 5.56 Å². The first kappa shape index (κ1) is 17.2. The third kappa shape index (κ3) is 3.90. The Morgan fingerprint density at radius 3 is 2.80 bits per heavy atom. The van der Waals surface area contributed by atoms with Crippen molar-refractivity contribution in [2.24, 2.45) is 7.05 Å². The predicted molar refractivity (Wildman–Crippen MR) is 99.1 cm³/mol. The van der Waals surface area contributed by atoms with E-state index < -0.39 is 6.09 Å². The summed E-state index contributed by atoms with van der Waals surface area (Å²) >= 11 is 3.37. The lowest BCUT2D eigenvalue weighted by molar-refractivity contribution is 0.150. The summed E-state index contributed by atoms with van der Waals surface area (Å²) in [5, 5.41) is 12.0. The molecule has 2 aromatic heterocycles. The van der Waals surface area contributed by atoms with E-state index in [9.17, 15) is 9.59 Å². The van der Waals surface area contributed by atoms with E-state index >= 15 is 0 Å². The Balaban J connectivity index is 1.75. The molecule has 7 nitrogen and oxygen atoms in total. The van der Waals surface area contributed by atoms with Crippen LogP contribution in [0.15, 0.2) is 45.9 Å². The van der Waals surface area contributed by atoms with E-state index in [1.54, 1.807) is 31.6 Å². The lowest BCUT2D eigenvalue weighted by Crippen LogP contribution is -2.33. The molecule has 0 unspecified atom stereocenters. The minimum Gasteiger partial charge on any atom is -0.465 e. The fourth-order valence-corrected chi connectivity index (χ4v) is 3.20. The second-order valence-corrected chi connectivity index (χ2v) is 6.67. The van der Waals surface area contributed by atoms with Gasteiger partial charge in [0.05, 0.1) is 0 Å². The van der Waals surface area contributed by atoms with Gasteiger partial charge in [0.2, 0.25) is 0 Å². The fourth-order valence-electron chi connectivity index (χ4n) is 2.66. The molecule has 0 aliphatic carbocycles. The Bertz CT molecular complexity index is 890. The van der Waals surface area contributed by atoms with Crippen LogP contribution in [0.3, 0.4) is 0 Å². The number of anilines is 2. The molecule has 130 valence electrons. The minimum atomic E-state index is -0.899. The van der Waals surface area contributed by atoms with E-state index in [0.29, 0.717) is 31.0 Å². The number of rotatable bonds is 3. The largest absolute Gasteiger partial charge is 0.465 e. The number of hydrogen-bond donors (Lipinski definition) is 2. The van der Waals surface area contributed by atoms with Gasteiger partial charge >= 0.3 is 6.09 Å². The Kier molecular flexibility index (Phi) is 4.89. The molecule has 0 saturated carbocycles. The van der Waals surface area contributed by atoms with E-state index in [4.69, 9.17) is 5.11 Å². The van der Waals surface area contributed by atoms with Gasteiger partial charge in [0.25, 0.3) is 5.56 Å². The lowest BCUT2D eigenvalue weighted by Gasteiger charge is -2.23. The molecule has 0 fully saturated rings. The average Bonchev–Trinajstić information content (AvgIpc) is 2.60. The molecule has 8 heteroatoms. The van der Waals surface area contributed by atoms with Crippen molar-refractivity contribution >= 4 is 39.1 Å². The van der Waals surface area contributed by atoms with Crippen LogP contribution in [0.5, 0.6) is 0 Å². The number of pyridine rings is 2. The second-order valence-electron chi connectivity index (χ2n) is 5.75. The van der Waals surface area contributed by atoms with Gasteiger partial charge in [-0.1, -0.05) is 6.08 Å². The van der Waals surface area contributed by atoms with Crippen LogP contribution in [0.1, 0.15) is 12.0 Å². The van der Waals surface area contributed by atoms with Crippen LogP contribution < -0.4 is 10.9 Å². The van der Waals surface area contributed by atoms with Crippen molar-refractivity contribution in [3.8, 4) is 0 Å². The molecular weight excluding hydrogens is 388 g/mol. The standard InChI is InChI=1S/C17H17BrN4O3/c1-21-10-13(18)8-14(16(21)23)20-15-3-2-12(9-19-15)11-4-6-22(7-5-11)17(24)25/h2-4,8-10H,5-7H2,1H3,(H,19,20)(H,24,25). The molecule has 3 rings (SSSR count). The van der Waals surface area contributed by atoms with Crippen LogP contribution in [-0.2, 0) is 7.05 Å². The molecule has 1 amide bonds. The summed E-state index contributed by atoms with van der Waals surface area (Å²) in [6.07, 6.45) is 5.09. The molecule has 0 bridgehead atoms. The number of nitrogens with zero attached hydrogens (tertiary/aromatic N) is 3. The summed E-state index contributed by atoms with van der Waals surface area (Å²) in [6, 6.07) is 5.43. The van der Waals surface area contributed by atoms with Gasteiger partial charge < -0.3 is 19.9 Å². The first-order chi connectivity index (χ1) is 11.9. The van der Waals surface area contributed by atoms with Crippen molar-refractivity contribution in [1.82, 2.24) is 14.5 Å². The highest BCUT2D eigenvalue weighted by molar-refractivity contribution is 9.10. The maximum Gasteiger partial charge on any atom is 0.407 e. The molecule has 0 radical (unpaired) electrons. The number of amides is 1. The van der Waals surface area contributed by atoms with E-state index in [0.717, 1.165) is 15.6 Å². The van der Waals surface area contributed by atoms with E-state index in [1.807, 2.05) is 12.1 Å². The lowest BCUT2D eigenvalue weighted by atomic mass is 10.0. The van der Waals surface area contributed by atoms with Crippen molar-refractivity contribution in [1.29, 1.82) is 0 Å². The monoisotopic (exact) mass is 404 g/mol. The fraction of sp³-hybridized carbons (Fsp3) is 0.235. The molecule has 0 aromatic carbocycles. The molecule has 0 spiro atoms. The first-order valence-electron chi connectivity index (χ1n) is 7.70. The third-order valence-corrected chi connectivity index (χ3v) is 4.46. The molecule has 0 atom stereocenters. The van der Waals surface area contributed by atoms with Crippen LogP contribution in [-0.4, -0.2) is 38.7 Å². The van der Waals surface area contributed by atoms with Crippen molar-refractivity contribution < 1.29 is 9.90 Å². The van der Waals surface area contributed by atoms with E-state index in [2.05, 4.69) is 26.2 Å². The summed E-state index contributed by atoms with van der Waals surface area (Å²) in [7, 11) is 1.69. The minimum absolute atomic E-state index is 0.141. The average molecular weight is 405 g/mol. The highest BCUT2D eigenvalue weighted by atomic mass is 79.9. The Labute approximate surface area is 152 Å². The highest BCUT2D eigenvalue weighted by Gasteiger charge is 2.16. The van der Waals surface area contributed by atoms with Crippen LogP contribution in [0.4, 0.5) is 16.3 Å². The molecule has 0 saturated heterocycles. The Hall–Kier alpha value is -2.61. The zero-order valence-corrected chi connectivity index (χ0v) is 15.2. The van der Waals surface area contributed by atoms with Gasteiger partial charge in [-0.05, 0) is 51.7 Å². The van der Waals surface area contributed by atoms with Crippen LogP contribution in [0.2, 0.25) is 0 Å². The first-order valence-corrected chi connectivity index (χ1v) is 8.50. The van der Waals surface area contributed by atoms with Crippen molar-refractivity contribution in [3.05, 3.63) is 57.1 Å². The van der Waals surface area contributed by atoms with Crippen LogP contribution in [0, 0.1) is 0 Å². The number of carbonyl (C=O) groups is 1. The quantitative estimate of drug-likeness (QED) is 0.820. The smallest absolute Gasteiger partial charge is 0.407 e. The van der Waals surface area contributed by atoms with Crippen molar-refractivity contribution in [3.63, 3.8) is 0 Å². The number of aromatic nitrogens is 2. The van der Waals surface area contributed by atoms with Crippen molar-refractivity contribution in [2.45, 2.75) is 6.42 Å². The summed E-state index contributed by atoms with van der Waals surface area (Å²) < 4.78 is 2.28.